The number of aliphatic hydroxyl groups excluding tert-OH is 1. The van der Waals surface area contributed by atoms with Crippen LogP contribution in [-0.2, 0) is 11.3 Å². The Balaban J connectivity index is 1.59. The molecule has 0 aromatic carbocycles. The maximum Gasteiger partial charge on any atom is 0.242 e. The van der Waals surface area contributed by atoms with Gasteiger partial charge in [-0.15, -0.1) is 22.7 Å². The number of aliphatic hydroxyl groups is 1. The lowest BCUT2D eigenvalue weighted by atomic mass is 9.99. The summed E-state index contributed by atoms with van der Waals surface area (Å²) in [5.74, 6) is 1.18. The Morgan fingerprint density at radius 1 is 1.25 bits per heavy atom. The Morgan fingerprint density at radius 3 is 2.82 bits per heavy atom. The van der Waals surface area contributed by atoms with E-state index in [1.165, 1.54) is 9.75 Å². The number of thiophene rings is 2. The summed E-state index contributed by atoms with van der Waals surface area (Å²) in [6, 6.07) is 8.42. The normalized spacial score (nSPS) is 17.2. The average molecular weight is 416 g/mol. The molecule has 1 atom stereocenters. The quantitative estimate of drug-likeness (QED) is 0.680. The number of imidazole rings is 1. The van der Waals surface area contributed by atoms with Crippen LogP contribution in [0.5, 0.6) is 0 Å². The number of aryl methyl sites for hydroxylation is 1. The first kappa shape index (κ1) is 19.4. The van der Waals surface area contributed by atoms with Crippen molar-refractivity contribution in [3.63, 3.8) is 0 Å². The maximum absolute atomic E-state index is 13.0. The summed E-state index contributed by atoms with van der Waals surface area (Å²) in [4.78, 5) is 23.2. The zero-order valence-electron chi connectivity index (χ0n) is 16.2. The Bertz CT molecular complexity index is 959. The fourth-order valence-electron chi connectivity index (χ4n) is 3.72. The molecular formula is C21H25N3O2S2. The predicted octanol–water partition coefficient (Wildman–Crippen LogP) is 4.19. The highest BCUT2D eigenvalue weighted by atomic mass is 32.1. The number of amides is 1. The van der Waals surface area contributed by atoms with Gasteiger partial charge < -0.3 is 14.6 Å². The van der Waals surface area contributed by atoms with E-state index in [1.807, 2.05) is 23.3 Å². The Kier molecular flexibility index (Phi) is 5.66. The van der Waals surface area contributed by atoms with E-state index in [1.54, 1.807) is 22.7 Å². The molecule has 4 heterocycles. The van der Waals surface area contributed by atoms with E-state index in [9.17, 15) is 9.90 Å². The van der Waals surface area contributed by atoms with Crippen molar-refractivity contribution < 1.29 is 9.90 Å². The second-order valence-electron chi connectivity index (χ2n) is 7.36. The molecule has 0 aliphatic carbocycles. The summed E-state index contributed by atoms with van der Waals surface area (Å²) in [6.07, 6.45) is 1.95. The molecule has 0 spiro atoms. The van der Waals surface area contributed by atoms with Crippen molar-refractivity contribution in [2.45, 2.75) is 33.2 Å². The predicted molar refractivity (Wildman–Crippen MR) is 115 cm³/mol. The number of aromatic nitrogens is 2. The van der Waals surface area contributed by atoms with E-state index in [4.69, 9.17) is 4.98 Å². The molecule has 1 aliphatic rings. The van der Waals surface area contributed by atoms with Crippen LogP contribution in [0.2, 0.25) is 0 Å². The summed E-state index contributed by atoms with van der Waals surface area (Å²) < 4.78 is 2.05. The number of rotatable bonds is 5. The van der Waals surface area contributed by atoms with Gasteiger partial charge in [0.25, 0.3) is 0 Å². The second-order valence-corrected chi connectivity index (χ2v) is 9.40. The monoisotopic (exact) mass is 415 g/mol. The number of carbonyl (C=O) groups is 1. The second kappa shape index (κ2) is 8.19. The Labute approximate surface area is 173 Å². The van der Waals surface area contributed by atoms with Crippen LogP contribution in [0.25, 0.3) is 20.5 Å². The van der Waals surface area contributed by atoms with Crippen molar-refractivity contribution in [3.8, 4) is 20.5 Å². The van der Waals surface area contributed by atoms with Crippen molar-refractivity contribution in [1.29, 1.82) is 0 Å². The molecule has 7 heteroatoms. The molecule has 4 rings (SSSR count). The zero-order chi connectivity index (χ0) is 19.7. The molecule has 1 unspecified atom stereocenters. The molecule has 5 nitrogen and oxygen atoms in total. The van der Waals surface area contributed by atoms with E-state index < -0.39 is 0 Å². The van der Waals surface area contributed by atoms with Crippen molar-refractivity contribution in [2.75, 3.05) is 19.7 Å². The average Bonchev–Trinajstić information content (AvgIpc) is 3.45. The van der Waals surface area contributed by atoms with Gasteiger partial charge in [-0.1, -0.05) is 6.07 Å². The molecule has 3 aromatic rings. The van der Waals surface area contributed by atoms with Gasteiger partial charge in [-0.2, -0.15) is 0 Å². The van der Waals surface area contributed by atoms with Crippen LogP contribution < -0.4 is 0 Å². The van der Waals surface area contributed by atoms with E-state index in [0.717, 1.165) is 41.5 Å². The van der Waals surface area contributed by atoms with Crippen molar-refractivity contribution in [3.05, 3.63) is 41.0 Å². The van der Waals surface area contributed by atoms with Crippen LogP contribution in [-0.4, -0.2) is 45.2 Å². The van der Waals surface area contributed by atoms with Gasteiger partial charge in [0.2, 0.25) is 5.91 Å². The number of hydrogen-bond donors (Lipinski definition) is 1. The lowest BCUT2D eigenvalue weighted by Crippen LogP contribution is -2.42. The first-order chi connectivity index (χ1) is 13.6. The fraction of sp³-hybridized carbons (Fsp3) is 0.429. The largest absolute Gasteiger partial charge is 0.396 e. The van der Waals surface area contributed by atoms with E-state index in [-0.39, 0.29) is 18.4 Å². The first-order valence-corrected chi connectivity index (χ1v) is 11.3. The molecule has 1 N–H and O–H groups in total. The molecule has 28 heavy (non-hydrogen) atoms. The number of hydrogen-bond acceptors (Lipinski definition) is 5. The molecule has 148 valence electrons. The lowest BCUT2D eigenvalue weighted by Gasteiger charge is -2.32. The van der Waals surface area contributed by atoms with E-state index >= 15 is 0 Å². The summed E-state index contributed by atoms with van der Waals surface area (Å²) in [6.45, 7) is 5.90. The first-order valence-electron chi connectivity index (χ1n) is 9.63. The number of likely N-dealkylation sites (tertiary alicyclic amines) is 1. The maximum atomic E-state index is 13.0. The SMILES string of the molecule is Cc1nc(-c2ccc(-c3cccs3)s2)n(CC(=O)N2CCCC(CO)C2)c1C. The smallest absolute Gasteiger partial charge is 0.242 e. The number of carbonyl (C=O) groups excluding carboxylic acids is 1. The van der Waals surface area contributed by atoms with Crippen molar-refractivity contribution in [2.24, 2.45) is 5.92 Å². The molecular weight excluding hydrogens is 390 g/mol. The highest BCUT2D eigenvalue weighted by Gasteiger charge is 2.25. The van der Waals surface area contributed by atoms with Crippen molar-refractivity contribution in [1.82, 2.24) is 14.5 Å². The van der Waals surface area contributed by atoms with Crippen LogP contribution >= 0.6 is 22.7 Å². The highest BCUT2D eigenvalue weighted by molar-refractivity contribution is 7.23. The van der Waals surface area contributed by atoms with Crippen LogP contribution in [0.3, 0.4) is 0 Å². The minimum Gasteiger partial charge on any atom is -0.396 e. The zero-order valence-corrected chi connectivity index (χ0v) is 17.9. The molecule has 0 saturated carbocycles. The minimum absolute atomic E-state index is 0.106. The summed E-state index contributed by atoms with van der Waals surface area (Å²) in [5.41, 5.74) is 1.99. The molecule has 1 fully saturated rings. The van der Waals surface area contributed by atoms with Gasteiger partial charge in [-0.25, -0.2) is 4.98 Å². The molecule has 3 aromatic heterocycles. The van der Waals surface area contributed by atoms with Crippen molar-refractivity contribution >= 4 is 28.6 Å². The highest BCUT2D eigenvalue weighted by Crippen LogP contribution is 2.36. The molecule has 1 aliphatic heterocycles. The molecule has 1 amide bonds. The Hall–Kier alpha value is -1.96. The summed E-state index contributed by atoms with van der Waals surface area (Å²) >= 11 is 3.45. The number of nitrogens with zero attached hydrogens (tertiary/aromatic N) is 3. The van der Waals surface area contributed by atoms with Gasteiger partial charge >= 0.3 is 0 Å². The third-order valence-corrected chi connectivity index (χ3v) is 7.62. The molecule has 0 radical (unpaired) electrons. The van der Waals surface area contributed by atoms with Gasteiger partial charge in [0.05, 0.1) is 10.6 Å². The van der Waals surface area contributed by atoms with E-state index in [0.29, 0.717) is 13.1 Å². The Morgan fingerprint density at radius 2 is 2.07 bits per heavy atom. The van der Waals surface area contributed by atoms with Gasteiger partial charge in [-0.3, -0.25) is 4.79 Å². The topological polar surface area (TPSA) is 58.4 Å². The van der Waals surface area contributed by atoms with Gasteiger partial charge in [0.1, 0.15) is 6.54 Å². The third kappa shape index (κ3) is 3.79. The van der Waals surface area contributed by atoms with Crippen LogP contribution in [0.4, 0.5) is 0 Å². The lowest BCUT2D eigenvalue weighted by molar-refractivity contribution is -0.133. The summed E-state index contributed by atoms with van der Waals surface area (Å²) in [7, 11) is 0. The van der Waals surface area contributed by atoms with Gasteiger partial charge in [0.15, 0.2) is 5.82 Å². The van der Waals surface area contributed by atoms with Crippen LogP contribution in [0.1, 0.15) is 24.2 Å². The van der Waals surface area contributed by atoms with Crippen LogP contribution in [0, 0.1) is 19.8 Å². The van der Waals surface area contributed by atoms with Gasteiger partial charge in [0, 0.05) is 35.1 Å². The molecule has 1 saturated heterocycles. The standard InChI is InChI=1S/C21H25N3O2S2/c1-14-15(2)24(12-20(26)23-9-3-5-16(11-23)13-25)21(22-14)19-8-7-18(28-19)17-6-4-10-27-17/h4,6-8,10,16,25H,3,5,9,11-13H2,1-2H3. The summed E-state index contributed by atoms with van der Waals surface area (Å²) in [5, 5.41) is 11.5. The number of piperidine rings is 1. The van der Waals surface area contributed by atoms with Crippen LogP contribution in [0.15, 0.2) is 29.6 Å². The third-order valence-electron chi connectivity index (χ3n) is 5.47. The van der Waals surface area contributed by atoms with E-state index in [2.05, 4.69) is 29.6 Å². The minimum atomic E-state index is 0.106. The van der Waals surface area contributed by atoms with Gasteiger partial charge in [-0.05, 0) is 56.2 Å². The molecule has 0 bridgehead atoms. The fourth-order valence-corrected chi connectivity index (χ4v) is 5.56.